The zero-order valence-electron chi connectivity index (χ0n) is 12.3. The van der Waals surface area contributed by atoms with Crippen molar-refractivity contribution in [3.05, 3.63) is 16.7 Å². The van der Waals surface area contributed by atoms with Gasteiger partial charge in [-0.05, 0) is 42.8 Å². The van der Waals surface area contributed by atoms with Crippen molar-refractivity contribution < 1.29 is 19.1 Å². The molecule has 1 aromatic heterocycles. The first-order valence-electron chi connectivity index (χ1n) is 6.48. The molecule has 1 N–H and O–H groups in total. The molecule has 1 aliphatic heterocycles. The summed E-state index contributed by atoms with van der Waals surface area (Å²) < 4.78 is 12.4. The fourth-order valence-corrected chi connectivity index (χ4v) is 2.43. The highest BCUT2D eigenvalue weighted by Gasteiger charge is 2.34. The van der Waals surface area contributed by atoms with E-state index in [0.717, 1.165) is 4.31 Å². The fraction of sp³-hybridized carbons (Fsp3) is 0.462. The number of ether oxygens (including phenoxy) is 2. The van der Waals surface area contributed by atoms with Gasteiger partial charge in [-0.15, -0.1) is 0 Å². The molecule has 2 amide bonds. The number of nitrogens with zero attached hydrogens (tertiary/aromatic N) is 2. The van der Waals surface area contributed by atoms with E-state index in [1.54, 1.807) is 26.8 Å². The van der Waals surface area contributed by atoms with Gasteiger partial charge in [0.05, 0.1) is 4.47 Å². The van der Waals surface area contributed by atoms with Crippen molar-refractivity contribution in [2.75, 3.05) is 10.9 Å². The van der Waals surface area contributed by atoms with Crippen LogP contribution in [0.5, 0.6) is 5.75 Å². The Morgan fingerprint density at radius 2 is 2.27 bits per heavy atom. The average molecular weight is 390 g/mol. The van der Waals surface area contributed by atoms with Gasteiger partial charge in [-0.25, -0.2) is 14.1 Å². The minimum Gasteiger partial charge on any atom is -0.486 e. The van der Waals surface area contributed by atoms with Gasteiger partial charge in [-0.3, -0.25) is 4.79 Å². The highest BCUT2D eigenvalue weighted by molar-refractivity contribution is 9.10. The number of halogens is 1. The summed E-state index contributed by atoms with van der Waals surface area (Å²) in [7, 11) is 0. The molecule has 0 radical (unpaired) electrons. The van der Waals surface area contributed by atoms with Crippen LogP contribution in [0.2, 0.25) is 0 Å². The molecule has 2 rings (SSSR count). The maximum Gasteiger partial charge on any atom is 0.408 e. The van der Waals surface area contributed by atoms with Crippen LogP contribution < -0.4 is 14.4 Å². The topological polar surface area (TPSA) is 80.8 Å². The first-order chi connectivity index (χ1) is 10.2. The average Bonchev–Trinajstić information content (AvgIpc) is 2.50. The third-order valence-electron chi connectivity index (χ3n) is 2.63. The summed E-state index contributed by atoms with van der Waals surface area (Å²) in [5, 5.41) is 2.48. The Bertz CT molecular complexity index is 605. The number of carbonyl (C=O) groups is 2. The van der Waals surface area contributed by atoms with Gasteiger partial charge in [0.15, 0.2) is 11.6 Å². The SMILES string of the molecule is CC(C)(C)OC(=O)N[C@H]1COc2c(Br)ccnc2N(S)C1=O. The van der Waals surface area contributed by atoms with E-state index >= 15 is 0 Å². The lowest BCUT2D eigenvalue weighted by Gasteiger charge is -2.23. The third-order valence-corrected chi connectivity index (χ3v) is 3.64. The molecule has 1 aromatic rings. The number of amides is 2. The summed E-state index contributed by atoms with van der Waals surface area (Å²) in [5.41, 5.74) is -0.660. The van der Waals surface area contributed by atoms with Crippen LogP contribution in [-0.4, -0.2) is 35.2 Å². The monoisotopic (exact) mass is 389 g/mol. The molecule has 120 valence electrons. The van der Waals surface area contributed by atoms with Crippen LogP contribution in [-0.2, 0) is 9.53 Å². The molecule has 7 nitrogen and oxygen atoms in total. The lowest BCUT2D eigenvalue weighted by atomic mass is 10.2. The molecule has 0 saturated carbocycles. The maximum atomic E-state index is 12.4. The fourth-order valence-electron chi connectivity index (χ4n) is 1.74. The zero-order valence-corrected chi connectivity index (χ0v) is 14.8. The molecule has 1 aliphatic rings. The van der Waals surface area contributed by atoms with Gasteiger partial charge in [0.25, 0.3) is 5.91 Å². The predicted molar refractivity (Wildman–Crippen MR) is 87.1 cm³/mol. The standard InChI is InChI=1S/C13H16BrN3O4S/c1-13(2,3)21-12(19)16-8-6-20-9-7(14)4-5-15-10(9)17(22)11(8)18/h4-5,8,22H,6H2,1-3H3,(H,16,19)/t8-/m0/s1. The normalized spacial score (nSPS) is 18.1. The second-order valence-corrected chi connectivity index (χ2v) is 6.86. The molecular formula is C13H16BrN3O4S. The van der Waals surface area contributed by atoms with Gasteiger partial charge in [-0.1, -0.05) is 12.8 Å². The van der Waals surface area contributed by atoms with Gasteiger partial charge in [0.1, 0.15) is 18.2 Å². The van der Waals surface area contributed by atoms with Crippen LogP contribution in [0.4, 0.5) is 10.6 Å². The number of hydrogen-bond donors (Lipinski definition) is 2. The lowest BCUT2D eigenvalue weighted by molar-refractivity contribution is -0.119. The summed E-state index contributed by atoms with van der Waals surface area (Å²) in [6, 6.07) is 0.764. The van der Waals surface area contributed by atoms with Crippen molar-refractivity contribution in [2.24, 2.45) is 0 Å². The Morgan fingerprint density at radius 1 is 1.59 bits per heavy atom. The summed E-state index contributed by atoms with van der Waals surface area (Å²) in [6.07, 6.45) is 0.818. The number of fused-ring (bicyclic) bond motifs is 1. The summed E-state index contributed by atoms with van der Waals surface area (Å²) in [5.74, 6) is 0.189. The molecule has 0 saturated heterocycles. The van der Waals surface area contributed by atoms with E-state index in [0.29, 0.717) is 10.2 Å². The molecule has 0 unspecified atom stereocenters. The van der Waals surface area contributed by atoms with Crippen LogP contribution in [0.1, 0.15) is 20.8 Å². The van der Waals surface area contributed by atoms with Crippen LogP contribution in [0.3, 0.4) is 0 Å². The van der Waals surface area contributed by atoms with Crippen molar-refractivity contribution in [3.8, 4) is 5.75 Å². The zero-order chi connectivity index (χ0) is 16.5. The molecule has 0 bridgehead atoms. The van der Waals surface area contributed by atoms with Crippen molar-refractivity contribution >= 4 is 46.6 Å². The highest BCUT2D eigenvalue weighted by Crippen LogP contribution is 2.36. The van der Waals surface area contributed by atoms with Crippen LogP contribution in [0.25, 0.3) is 0 Å². The Kier molecular flexibility index (Phi) is 4.86. The number of alkyl carbamates (subject to hydrolysis) is 1. The van der Waals surface area contributed by atoms with E-state index in [-0.39, 0.29) is 12.4 Å². The molecule has 0 spiro atoms. The first kappa shape index (κ1) is 16.9. The van der Waals surface area contributed by atoms with E-state index in [9.17, 15) is 9.59 Å². The van der Waals surface area contributed by atoms with Crippen molar-refractivity contribution in [1.29, 1.82) is 0 Å². The molecule has 1 atom stereocenters. The smallest absolute Gasteiger partial charge is 0.408 e. The predicted octanol–water partition coefficient (Wildman–Crippen LogP) is 2.31. The number of nitrogens with one attached hydrogen (secondary N) is 1. The van der Waals surface area contributed by atoms with Gasteiger partial charge in [-0.2, -0.15) is 0 Å². The molecule has 0 fully saturated rings. The number of hydrogen-bond acceptors (Lipinski definition) is 6. The number of thiol groups is 1. The number of aromatic nitrogens is 1. The lowest BCUT2D eigenvalue weighted by Crippen LogP contribution is -2.49. The molecule has 22 heavy (non-hydrogen) atoms. The molecule has 0 aromatic carbocycles. The summed E-state index contributed by atoms with van der Waals surface area (Å²) in [6.45, 7) is 5.16. The molecule has 9 heteroatoms. The second kappa shape index (κ2) is 6.33. The second-order valence-electron chi connectivity index (χ2n) is 5.61. The minimum absolute atomic E-state index is 0.0492. The Hall–Kier alpha value is -1.48. The van der Waals surface area contributed by atoms with E-state index in [1.165, 1.54) is 6.20 Å². The van der Waals surface area contributed by atoms with Crippen LogP contribution >= 0.6 is 28.7 Å². The number of pyridine rings is 1. The summed E-state index contributed by atoms with van der Waals surface area (Å²) in [4.78, 5) is 28.3. The van der Waals surface area contributed by atoms with Crippen LogP contribution in [0, 0.1) is 0 Å². The van der Waals surface area contributed by atoms with E-state index in [2.05, 4.69) is 39.0 Å². The Labute approximate surface area is 142 Å². The highest BCUT2D eigenvalue weighted by atomic mass is 79.9. The van der Waals surface area contributed by atoms with E-state index in [1.807, 2.05) is 0 Å². The van der Waals surface area contributed by atoms with Gasteiger partial charge in [0, 0.05) is 6.20 Å². The van der Waals surface area contributed by atoms with E-state index < -0.39 is 23.6 Å². The summed E-state index contributed by atoms with van der Waals surface area (Å²) >= 11 is 7.47. The van der Waals surface area contributed by atoms with Gasteiger partial charge < -0.3 is 14.8 Å². The number of anilines is 1. The molecule has 0 aliphatic carbocycles. The largest absolute Gasteiger partial charge is 0.486 e. The third kappa shape index (κ3) is 3.83. The molecular weight excluding hydrogens is 374 g/mol. The Morgan fingerprint density at radius 3 is 2.91 bits per heavy atom. The van der Waals surface area contributed by atoms with Crippen molar-refractivity contribution in [2.45, 2.75) is 32.4 Å². The number of rotatable bonds is 1. The Balaban J connectivity index is 2.16. The number of carbonyl (C=O) groups excluding carboxylic acids is 2. The van der Waals surface area contributed by atoms with Crippen molar-refractivity contribution in [3.63, 3.8) is 0 Å². The van der Waals surface area contributed by atoms with Gasteiger partial charge >= 0.3 is 6.09 Å². The van der Waals surface area contributed by atoms with Crippen LogP contribution in [0.15, 0.2) is 16.7 Å². The quantitative estimate of drug-likeness (QED) is 0.720. The maximum absolute atomic E-state index is 12.4. The first-order valence-corrected chi connectivity index (χ1v) is 7.68. The van der Waals surface area contributed by atoms with E-state index in [4.69, 9.17) is 9.47 Å². The minimum atomic E-state index is -0.923. The van der Waals surface area contributed by atoms with Gasteiger partial charge in [0.2, 0.25) is 0 Å². The van der Waals surface area contributed by atoms with Crippen molar-refractivity contribution in [1.82, 2.24) is 10.3 Å². The molecule has 2 heterocycles.